The largest absolute Gasteiger partial charge is 0.402 e. The predicted octanol–water partition coefficient (Wildman–Crippen LogP) is 5.01. The van der Waals surface area contributed by atoms with E-state index in [9.17, 15) is 4.79 Å². The van der Waals surface area contributed by atoms with Crippen LogP contribution in [0.15, 0.2) is 69.1 Å². The van der Waals surface area contributed by atoms with Crippen molar-refractivity contribution >= 4 is 56.0 Å². The Morgan fingerprint density at radius 3 is 2.78 bits per heavy atom. The van der Waals surface area contributed by atoms with Gasteiger partial charge in [0, 0.05) is 20.3 Å². The number of ether oxygens (including phenoxy) is 1. The minimum Gasteiger partial charge on any atom is -0.402 e. The minimum atomic E-state index is -0.419. The lowest BCUT2D eigenvalue weighted by atomic mass is 10.0. The SMILES string of the molecule is O=C1OC(c2cccc3ccccc23)=NC1=Cc1cc(Br)cs1. The van der Waals surface area contributed by atoms with E-state index in [1.165, 1.54) is 11.3 Å². The summed E-state index contributed by atoms with van der Waals surface area (Å²) in [5.74, 6) is -0.0638. The summed E-state index contributed by atoms with van der Waals surface area (Å²) >= 11 is 4.94. The fourth-order valence-corrected chi connectivity index (χ4v) is 3.84. The maximum absolute atomic E-state index is 12.1. The first kappa shape index (κ1) is 14.4. The molecular weight excluding hydrogens is 374 g/mol. The Balaban J connectivity index is 1.79. The molecule has 0 N–H and O–H groups in total. The number of halogens is 1. The molecule has 0 atom stereocenters. The van der Waals surface area contributed by atoms with E-state index in [0.717, 1.165) is 25.7 Å². The van der Waals surface area contributed by atoms with Gasteiger partial charge in [-0.25, -0.2) is 9.79 Å². The summed E-state index contributed by atoms with van der Waals surface area (Å²) in [4.78, 5) is 17.4. The topological polar surface area (TPSA) is 38.7 Å². The molecule has 0 amide bonds. The number of benzene rings is 2. The van der Waals surface area contributed by atoms with Crippen molar-refractivity contribution in [1.29, 1.82) is 0 Å². The first-order valence-corrected chi connectivity index (χ1v) is 8.63. The summed E-state index contributed by atoms with van der Waals surface area (Å²) < 4.78 is 6.37. The van der Waals surface area contributed by atoms with Crippen LogP contribution in [0.3, 0.4) is 0 Å². The highest BCUT2D eigenvalue weighted by Gasteiger charge is 2.25. The molecule has 0 aliphatic carbocycles. The van der Waals surface area contributed by atoms with E-state index in [1.54, 1.807) is 6.08 Å². The van der Waals surface area contributed by atoms with E-state index >= 15 is 0 Å². The van der Waals surface area contributed by atoms with Gasteiger partial charge in [0.2, 0.25) is 5.90 Å². The van der Waals surface area contributed by atoms with Crippen LogP contribution in [-0.2, 0) is 9.53 Å². The maximum Gasteiger partial charge on any atom is 0.363 e. The number of nitrogens with zero attached hydrogens (tertiary/aromatic N) is 1. The second kappa shape index (κ2) is 5.76. The molecule has 0 fully saturated rings. The highest BCUT2D eigenvalue weighted by atomic mass is 79.9. The van der Waals surface area contributed by atoms with Gasteiger partial charge < -0.3 is 4.74 Å². The third kappa shape index (κ3) is 2.73. The number of hydrogen-bond acceptors (Lipinski definition) is 4. The number of cyclic esters (lactones) is 1. The lowest BCUT2D eigenvalue weighted by Crippen LogP contribution is -2.05. The van der Waals surface area contributed by atoms with Gasteiger partial charge in [-0.2, -0.15) is 0 Å². The highest BCUT2D eigenvalue weighted by Crippen LogP contribution is 2.27. The number of esters is 1. The maximum atomic E-state index is 12.1. The van der Waals surface area contributed by atoms with Gasteiger partial charge in [-0.1, -0.05) is 36.4 Å². The quantitative estimate of drug-likeness (QED) is 0.460. The van der Waals surface area contributed by atoms with E-state index in [-0.39, 0.29) is 0 Å². The van der Waals surface area contributed by atoms with Crippen molar-refractivity contribution in [3.63, 3.8) is 0 Å². The summed E-state index contributed by atoms with van der Waals surface area (Å²) in [5, 5.41) is 4.06. The average molecular weight is 384 g/mol. The van der Waals surface area contributed by atoms with Gasteiger partial charge in [-0.05, 0) is 44.9 Å². The van der Waals surface area contributed by atoms with Crippen LogP contribution >= 0.6 is 27.3 Å². The molecule has 23 heavy (non-hydrogen) atoms. The van der Waals surface area contributed by atoms with Crippen molar-refractivity contribution in [2.45, 2.75) is 0 Å². The van der Waals surface area contributed by atoms with Crippen LogP contribution in [0.25, 0.3) is 16.8 Å². The van der Waals surface area contributed by atoms with Crippen molar-refractivity contribution in [3.8, 4) is 0 Å². The molecule has 1 aliphatic rings. The van der Waals surface area contributed by atoms with Crippen LogP contribution in [0.4, 0.5) is 0 Å². The molecule has 5 heteroatoms. The van der Waals surface area contributed by atoms with Gasteiger partial charge in [0.25, 0.3) is 0 Å². The molecular formula is C18H10BrNO2S. The van der Waals surface area contributed by atoms with Crippen LogP contribution in [0, 0.1) is 0 Å². The zero-order valence-electron chi connectivity index (χ0n) is 11.8. The summed E-state index contributed by atoms with van der Waals surface area (Å²) in [6.07, 6.45) is 1.75. The molecule has 0 saturated carbocycles. The van der Waals surface area contributed by atoms with Crippen molar-refractivity contribution in [2.24, 2.45) is 4.99 Å². The third-order valence-electron chi connectivity index (χ3n) is 3.51. The van der Waals surface area contributed by atoms with E-state index in [1.807, 2.05) is 53.9 Å². The number of thiophene rings is 1. The monoisotopic (exact) mass is 383 g/mol. The number of aliphatic imine (C=N–C) groups is 1. The molecule has 2 aromatic carbocycles. The molecule has 1 aliphatic heterocycles. The summed E-state index contributed by atoms with van der Waals surface area (Å²) in [6, 6.07) is 15.8. The Labute approximate surface area is 145 Å². The number of carbonyl (C=O) groups is 1. The number of rotatable bonds is 2. The Morgan fingerprint density at radius 2 is 1.96 bits per heavy atom. The van der Waals surface area contributed by atoms with Crippen molar-refractivity contribution in [1.82, 2.24) is 0 Å². The molecule has 0 saturated heterocycles. The first-order chi connectivity index (χ1) is 11.2. The number of fused-ring (bicyclic) bond motifs is 1. The van der Waals surface area contributed by atoms with E-state index in [4.69, 9.17) is 4.74 Å². The second-order valence-corrected chi connectivity index (χ2v) is 6.89. The van der Waals surface area contributed by atoms with Crippen LogP contribution in [0.1, 0.15) is 10.4 Å². The second-order valence-electron chi connectivity index (χ2n) is 5.03. The summed E-state index contributed by atoms with van der Waals surface area (Å²) in [6.45, 7) is 0. The van der Waals surface area contributed by atoms with Crippen molar-refractivity contribution < 1.29 is 9.53 Å². The number of carbonyl (C=O) groups excluding carboxylic acids is 1. The Kier molecular flexibility index (Phi) is 3.59. The molecule has 2 heterocycles. The molecule has 3 nitrogen and oxygen atoms in total. The van der Waals surface area contributed by atoms with Crippen LogP contribution in [0.2, 0.25) is 0 Å². The van der Waals surface area contributed by atoms with Gasteiger partial charge in [-0.3, -0.25) is 0 Å². The predicted molar refractivity (Wildman–Crippen MR) is 96.6 cm³/mol. The van der Waals surface area contributed by atoms with E-state index < -0.39 is 5.97 Å². The Hall–Kier alpha value is -2.24. The third-order valence-corrected chi connectivity index (χ3v) is 5.15. The molecule has 3 aromatic rings. The van der Waals surface area contributed by atoms with E-state index in [0.29, 0.717) is 11.6 Å². The lowest BCUT2D eigenvalue weighted by molar-refractivity contribution is -0.129. The molecule has 112 valence electrons. The fraction of sp³-hybridized carbons (Fsp3) is 0. The first-order valence-electron chi connectivity index (χ1n) is 6.95. The van der Waals surface area contributed by atoms with Crippen LogP contribution in [0.5, 0.6) is 0 Å². The van der Waals surface area contributed by atoms with Crippen LogP contribution < -0.4 is 0 Å². The van der Waals surface area contributed by atoms with Gasteiger partial charge in [-0.15, -0.1) is 11.3 Å². The summed E-state index contributed by atoms with van der Waals surface area (Å²) in [7, 11) is 0. The van der Waals surface area contributed by atoms with Crippen LogP contribution in [-0.4, -0.2) is 11.9 Å². The highest BCUT2D eigenvalue weighted by molar-refractivity contribution is 9.10. The van der Waals surface area contributed by atoms with Gasteiger partial charge in [0.15, 0.2) is 5.70 Å². The zero-order valence-corrected chi connectivity index (χ0v) is 14.2. The van der Waals surface area contributed by atoms with Gasteiger partial charge >= 0.3 is 5.97 Å². The molecule has 1 aromatic heterocycles. The molecule has 0 unspecified atom stereocenters. The fourth-order valence-electron chi connectivity index (χ4n) is 2.47. The van der Waals surface area contributed by atoms with E-state index in [2.05, 4.69) is 20.9 Å². The smallest absolute Gasteiger partial charge is 0.363 e. The molecule has 0 spiro atoms. The van der Waals surface area contributed by atoms with Gasteiger partial charge in [0.1, 0.15) is 0 Å². The van der Waals surface area contributed by atoms with Crippen molar-refractivity contribution in [3.05, 3.63) is 74.5 Å². The molecule has 0 radical (unpaired) electrons. The average Bonchev–Trinajstić information content (AvgIpc) is 3.13. The molecule has 0 bridgehead atoms. The number of hydrogen-bond donors (Lipinski definition) is 0. The minimum absolute atomic E-state index is 0.322. The Bertz CT molecular complexity index is 982. The summed E-state index contributed by atoms with van der Waals surface area (Å²) in [5.41, 5.74) is 1.15. The normalized spacial score (nSPS) is 16.0. The zero-order chi connectivity index (χ0) is 15.8. The molecule has 4 rings (SSSR count). The van der Waals surface area contributed by atoms with Gasteiger partial charge in [0.05, 0.1) is 0 Å². The van der Waals surface area contributed by atoms with Crippen molar-refractivity contribution in [2.75, 3.05) is 0 Å². The lowest BCUT2D eigenvalue weighted by Gasteiger charge is -2.04. The standard InChI is InChI=1S/C18H10BrNO2S/c19-12-8-13(23-10-12)9-16-18(21)22-17(20-16)15-7-3-5-11-4-1-2-6-14(11)15/h1-10H. The Morgan fingerprint density at radius 1 is 1.13 bits per heavy atom.